The first kappa shape index (κ1) is 13.9. The number of methoxy groups -OCH3 is 1. The molecule has 4 rings (SSSR count). The average molecular weight is 297 g/mol. The second kappa shape index (κ2) is 4.37. The normalized spacial score (nSPS) is 28.5. The first-order valence-electron chi connectivity index (χ1n) is 8.08. The molecule has 1 heterocycles. The maximum atomic E-state index is 5.62. The van der Waals surface area contributed by atoms with Crippen LogP contribution in [-0.2, 0) is 23.7 Å². The van der Waals surface area contributed by atoms with Gasteiger partial charge in [-0.1, -0.05) is 32.0 Å². The molecule has 0 unspecified atom stereocenters. The summed E-state index contributed by atoms with van der Waals surface area (Å²) in [6.07, 6.45) is 5.24. The minimum absolute atomic E-state index is 0.0135. The summed E-state index contributed by atoms with van der Waals surface area (Å²) in [5.41, 5.74) is 4.31. The lowest BCUT2D eigenvalue weighted by atomic mass is 9.50. The van der Waals surface area contributed by atoms with Crippen molar-refractivity contribution in [3.63, 3.8) is 0 Å². The third-order valence-electron chi connectivity index (χ3n) is 6.06. The number of hydrogen-bond donors (Lipinski definition) is 0. The van der Waals surface area contributed by atoms with Gasteiger partial charge in [-0.05, 0) is 48.4 Å². The summed E-state index contributed by atoms with van der Waals surface area (Å²) >= 11 is 0. The second-order valence-corrected chi connectivity index (χ2v) is 7.61. The van der Waals surface area contributed by atoms with E-state index in [0.717, 1.165) is 24.4 Å². The molecular weight excluding hydrogens is 274 g/mol. The van der Waals surface area contributed by atoms with Crippen LogP contribution in [0.5, 0.6) is 5.75 Å². The molecule has 0 saturated carbocycles. The Hall–Kier alpha value is -1.77. The van der Waals surface area contributed by atoms with Crippen molar-refractivity contribution in [2.24, 2.45) is 5.92 Å². The third kappa shape index (κ3) is 1.65. The molecule has 0 fully saturated rings. The predicted molar refractivity (Wildman–Crippen MR) is 85.4 cm³/mol. The van der Waals surface area contributed by atoms with Crippen LogP contribution in [0.3, 0.4) is 0 Å². The smallest absolute Gasteiger partial charge is 0.145 e. The van der Waals surface area contributed by atoms with Crippen LogP contribution >= 0.6 is 0 Å². The number of fused-ring (bicyclic) bond motifs is 4. The van der Waals surface area contributed by atoms with Gasteiger partial charge in [-0.25, -0.2) is 0 Å². The summed E-state index contributed by atoms with van der Waals surface area (Å²) in [5.74, 6) is 2.59. The van der Waals surface area contributed by atoms with Crippen molar-refractivity contribution in [2.75, 3.05) is 7.11 Å². The van der Waals surface area contributed by atoms with Crippen LogP contribution in [0.4, 0.5) is 0 Å². The fourth-order valence-corrected chi connectivity index (χ4v) is 5.09. The Labute approximate surface area is 131 Å². The van der Waals surface area contributed by atoms with E-state index in [1.54, 1.807) is 7.11 Å². The van der Waals surface area contributed by atoms with E-state index >= 15 is 0 Å². The molecule has 0 radical (unpaired) electrons. The van der Waals surface area contributed by atoms with Crippen molar-refractivity contribution < 1.29 is 9.26 Å². The number of benzene rings is 1. The fraction of sp³-hybridized carbons (Fsp3) is 0.526. The van der Waals surface area contributed by atoms with Crippen molar-refractivity contribution in [3.8, 4) is 5.75 Å². The fourth-order valence-electron chi connectivity index (χ4n) is 5.09. The summed E-state index contributed by atoms with van der Waals surface area (Å²) < 4.78 is 11.1. The van der Waals surface area contributed by atoms with E-state index in [-0.39, 0.29) is 10.8 Å². The van der Waals surface area contributed by atoms with Gasteiger partial charge in [0.15, 0.2) is 0 Å². The largest absolute Gasteiger partial charge is 0.497 e. The van der Waals surface area contributed by atoms with Gasteiger partial charge in [-0.3, -0.25) is 0 Å². The summed E-state index contributed by atoms with van der Waals surface area (Å²) in [5, 5.41) is 4.08. The Balaban J connectivity index is 1.93. The lowest BCUT2D eigenvalue weighted by molar-refractivity contribution is 0.112. The van der Waals surface area contributed by atoms with Crippen LogP contribution in [0.25, 0.3) is 0 Å². The Morgan fingerprint density at radius 3 is 2.82 bits per heavy atom. The van der Waals surface area contributed by atoms with Crippen LogP contribution in [-0.4, -0.2) is 12.3 Å². The number of hydrogen-bond acceptors (Lipinski definition) is 3. The Morgan fingerprint density at radius 1 is 1.23 bits per heavy atom. The monoisotopic (exact) mass is 297 g/mol. The third-order valence-corrected chi connectivity index (χ3v) is 6.06. The maximum absolute atomic E-state index is 5.62. The zero-order chi connectivity index (χ0) is 15.5. The standard InChI is InChI=1S/C19H23NO2/c1-18(2)16-8-6-12-5-7-14(21-4)9-15(12)19(16,3)10-13-11-20-22-17(13)18/h5,7,9,11,16H,6,8,10H2,1-4H3/t16-,19+/m0/s1. The highest BCUT2D eigenvalue weighted by Gasteiger charge is 2.54. The zero-order valence-corrected chi connectivity index (χ0v) is 13.8. The minimum atomic E-state index is 0.0135. The number of aromatic nitrogens is 1. The van der Waals surface area contributed by atoms with Gasteiger partial charge in [0.25, 0.3) is 0 Å². The van der Waals surface area contributed by atoms with Gasteiger partial charge in [0, 0.05) is 16.4 Å². The number of ether oxygens (including phenoxy) is 1. The van der Waals surface area contributed by atoms with Gasteiger partial charge in [-0.15, -0.1) is 0 Å². The second-order valence-electron chi connectivity index (χ2n) is 7.61. The molecule has 0 bridgehead atoms. The summed E-state index contributed by atoms with van der Waals surface area (Å²) in [7, 11) is 1.74. The molecule has 116 valence electrons. The molecule has 22 heavy (non-hydrogen) atoms. The topological polar surface area (TPSA) is 35.3 Å². The Bertz CT molecular complexity index is 731. The average Bonchev–Trinajstić information content (AvgIpc) is 2.95. The van der Waals surface area contributed by atoms with Gasteiger partial charge in [0.2, 0.25) is 0 Å². The van der Waals surface area contributed by atoms with Crippen LogP contribution in [0.15, 0.2) is 28.9 Å². The molecule has 0 N–H and O–H groups in total. The molecule has 1 aromatic carbocycles. The Morgan fingerprint density at radius 2 is 2.05 bits per heavy atom. The first-order chi connectivity index (χ1) is 10.5. The predicted octanol–water partition coefficient (Wildman–Crippen LogP) is 4.04. The molecule has 3 nitrogen and oxygen atoms in total. The van der Waals surface area contributed by atoms with Gasteiger partial charge in [-0.2, -0.15) is 0 Å². The molecule has 2 aliphatic carbocycles. The molecule has 3 heteroatoms. The minimum Gasteiger partial charge on any atom is -0.497 e. The van der Waals surface area contributed by atoms with Crippen molar-refractivity contribution in [3.05, 3.63) is 46.8 Å². The van der Waals surface area contributed by atoms with Gasteiger partial charge < -0.3 is 9.26 Å². The SMILES string of the molecule is COc1ccc2c(c1)[C@@]1(C)Cc3cnoc3C(C)(C)[C@@H]1CC2. The van der Waals surface area contributed by atoms with E-state index in [4.69, 9.17) is 9.26 Å². The van der Waals surface area contributed by atoms with E-state index in [9.17, 15) is 0 Å². The van der Waals surface area contributed by atoms with Gasteiger partial charge in [0.1, 0.15) is 11.5 Å². The van der Waals surface area contributed by atoms with Gasteiger partial charge in [0.05, 0.1) is 13.3 Å². The quantitative estimate of drug-likeness (QED) is 0.797. The van der Waals surface area contributed by atoms with Crippen LogP contribution in [0.2, 0.25) is 0 Å². The lowest BCUT2D eigenvalue weighted by Crippen LogP contribution is -2.51. The van der Waals surface area contributed by atoms with Crippen LogP contribution in [0.1, 0.15) is 49.6 Å². The van der Waals surface area contributed by atoms with Crippen molar-refractivity contribution >= 4 is 0 Å². The lowest BCUT2D eigenvalue weighted by Gasteiger charge is -2.52. The number of rotatable bonds is 1. The summed E-state index contributed by atoms with van der Waals surface area (Å²) in [6, 6.07) is 6.57. The molecule has 1 aromatic heterocycles. The molecule has 2 aromatic rings. The number of nitrogens with zero attached hydrogens (tertiary/aromatic N) is 1. The van der Waals surface area contributed by atoms with E-state index in [1.807, 2.05) is 6.20 Å². The van der Waals surface area contributed by atoms with Gasteiger partial charge >= 0.3 is 0 Å². The summed E-state index contributed by atoms with van der Waals surface area (Å²) in [6.45, 7) is 7.03. The molecule has 0 amide bonds. The van der Waals surface area contributed by atoms with Crippen LogP contribution in [0, 0.1) is 5.92 Å². The zero-order valence-electron chi connectivity index (χ0n) is 13.8. The molecule has 0 saturated heterocycles. The van der Waals surface area contributed by atoms with Crippen LogP contribution < -0.4 is 4.74 Å². The van der Waals surface area contributed by atoms with Crippen molar-refractivity contribution in [2.45, 2.75) is 50.9 Å². The van der Waals surface area contributed by atoms with E-state index in [0.29, 0.717) is 5.92 Å². The van der Waals surface area contributed by atoms with E-state index < -0.39 is 0 Å². The highest BCUT2D eigenvalue weighted by Crippen LogP contribution is 2.56. The number of aryl methyl sites for hydroxylation is 1. The van der Waals surface area contributed by atoms with E-state index in [2.05, 4.69) is 44.1 Å². The van der Waals surface area contributed by atoms with E-state index in [1.165, 1.54) is 23.1 Å². The highest BCUT2D eigenvalue weighted by molar-refractivity contribution is 5.47. The Kier molecular flexibility index (Phi) is 2.76. The molecule has 2 atom stereocenters. The highest BCUT2D eigenvalue weighted by atomic mass is 16.5. The maximum Gasteiger partial charge on any atom is 0.145 e. The molecule has 2 aliphatic rings. The molecule has 0 aliphatic heterocycles. The van der Waals surface area contributed by atoms with Crippen molar-refractivity contribution in [1.29, 1.82) is 0 Å². The summed E-state index contributed by atoms with van der Waals surface area (Å²) in [4.78, 5) is 0. The van der Waals surface area contributed by atoms with Crippen molar-refractivity contribution in [1.82, 2.24) is 5.16 Å². The first-order valence-corrected chi connectivity index (χ1v) is 8.08. The molecular formula is C19H23NO2. The molecule has 0 spiro atoms.